The molecule has 2 aromatic rings. The van der Waals surface area contributed by atoms with Crippen molar-refractivity contribution in [1.82, 2.24) is 0 Å². The summed E-state index contributed by atoms with van der Waals surface area (Å²) < 4.78 is 23.1. The molecule has 1 aliphatic rings. The number of allylic oxidation sites excluding steroid dienone is 1. The van der Waals surface area contributed by atoms with E-state index in [4.69, 9.17) is 18.6 Å². The number of benzene rings is 1. The number of esters is 2. The SMILES string of the molecule is CC=C(C)C(=O)O[C@@H]1[C@H](OC(=O)C(C)C)c2c(ccc3ccc(=O)oc23)OC1(C)C. The van der Waals surface area contributed by atoms with Crippen molar-refractivity contribution in [1.29, 1.82) is 0 Å². The number of fused-ring (bicyclic) bond motifs is 3. The van der Waals surface area contributed by atoms with Gasteiger partial charge in [0.2, 0.25) is 0 Å². The first-order chi connectivity index (χ1) is 14.0. The maximum atomic E-state index is 12.6. The molecule has 0 saturated carbocycles. The molecule has 1 aromatic carbocycles. The van der Waals surface area contributed by atoms with Crippen LogP contribution in [0.15, 0.2) is 45.1 Å². The average Bonchev–Trinajstić information content (AvgIpc) is 2.68. The fourth-order valence-corrected chi connectivity index (χ4v) is 3.26. The average molecular weight is 414 g/mol. The van der Waals surface area contributed by atoms with Gasteiger partial charge in [0.25, 0.3) is 0 Å². The van der Waals surface area contributed by atoms with Crippen molar-refractivity contribution in [2.45, 2.75) is 59.4 Å². The van der Waals surface area contributed by atoms with Crippen molar-refractivity contribution in [3.05, 3.63) is 51.9 Å². The van der Waals surface area contributed by atoms with Crippen LogP contribution in [0.5, 0.6) is 5.75 Å². The van der Waals surface area contributed by atoms with E-state index in [0.29, 0.717) is 22.3 Å². The summed E-state index contributed by atoms with van der Waals surface area (Å²) in [6.07, 6.45) is -0.344. The van der Waals surface area contributed by atoms with E-state index in [-0.39, 0.29) is 5.58 Å². The van der Waals surface area contributed by atoms with Crippen LogP contribution in [-0.2, 0) is 19.1 Å². The highest BCUT2D eigenvalue weighted by Gasteiger charge is 2.50. The molecule has 0 N–H and O–H groups in total. The zero-order valence-electron chi connectivity index (χ0n) is 18.0. The molecule has 7 heteroatoms. The van der Waals surface area contributed by atoms with E-state index < -0.39 is 41.3 Å². The summed E-state index contributed by atoms with van der Waals surface area (Å²) in [4.78, 5) is 37.0. The Hall–Kier alpha value is -3.09. The minimum Gasteiger partial charge on any atom is -0.483 e. The summed E-state index contributed by atoms with van der Waals surface area (Å²) in [7, 11) is 0. The van der Waals surface area contributed by atoms with Gasteiger partial charge < -0.3 is 18.6 Å². The highest BCUT2D eigenvalue weighted by Crippen LogP contribution is 2.46. The van der Waals surface area contributed by atoms with Gasteiger partial charge in [-0.25, -0.2) is 9.59 Å². The molecule has 0 bridgehead atoms. The van der Waals surface area contributed by atoms with E-state index >= 15 is 0 Å². The molecule has 0 unspecified atom stereocenters. The number of carbonyl (C=O) groups is 2. The summed E-state index contributed by atoms with van der Waals surface area (Å²) in [6.45, 7) is 10.3. The normalized spacial score (nSPS) is 20.4. The van der Waals surface area contributed by atoms with E-state index in [1.54, 1.807) is 65.8 Å². The molecule has 2 atom stereocenters. The van der Waals surface area contributed by atoms with Crippen LogP contribution in [0.2, 0.25) is 0 Å². The van der Waals surface area contributed by atoms with Gasteiger partial charge in [0.05, 0.1) is 11.5 Å². The van der Waals surface area contributed by atoms with Gasteiger partial charge in [0, 0.05) is 17.0 Å². The molecule has 0 fully saturated rings. The van der Waals surface area contributed by atoms with E-state index in [9.17, 15) is 14.4 Å². The molecule has 0 aliphatic carbocycles. The number of hydrogen-bond donors (Lipinski definition) is 0. The van der Waals surface area contributed by atoms with Gasteiger partial charge in [-0.15, -0.1) is 0 Å². The lowest BCUT2D eigenvalue weighted by Crippen LogP contribution is -2.52. The summed E-state index contributed by atoms with van der Waals surface area (Å²) >= 11 is 0. The second kappa shape index (κ2) is 7.97. The van der Waals surface area contributed by atoms with Gasteiger partial charge >= 0.3 is 17.6 Å². The summed E-state index contributed by atoms with van der Waals surface area (Å²) in [5.74, 6) is -1.02. The van der Waals surface area contributed by atoms with Gasteiger partial charge in [0.1, 0.15) is 16.9 Å². The lowest BCUT2D eigenvalue weighted by atomic mass is 9.87. The first-order valence-electron chi connectivity index (χ1n) is 9.85. The minimum atomic E-state index is -1.01. The summed E-state index contributed by atoms with van der Waals surface area (Å²) in [6, 6.07) is 6.41. The summed E-state index contributed by atoms with van der Waals surface area (Å²) in [5, 5.41) is 0.636. The minimum absolute atomic E-state index is 0.237. The van der Waals surface area contributed by atoms with Gasteiger partial charge in [-0.1, -0.05) is 19.9 Å². The molecule has 1 aliphatic heterocycles. The smallest absolute Gasteiger partial charge is 0.336 e. The van der Waals surface area contributed by atoms with Gasteiger partial charge in [-0.05, 0) is 45.9 Å². The Labute approximate surface area is 174 Å². The molecule has 0 spiro atoms. The van der Waals surface area contributed by atoms with Crippen LogP contribution in [0.25, 0.3) is 11.0 Å². The Bertz CT molecular complexity index is 1070. The quantitative estimate of drug-likeness (QED) is 0.423. The monoisotopic (exact) mass is 414 g/mol. The van der Waals surface area contributed by atoms with Crippen LogP contribution in [-0.4, -0.2) is 23.6 Å². The summed E-state index contributed by atoms with van der Waals surface area (Å²) in [5.41, 5.74) is -0.542. The highest BCUT2D eigenvalue weighted by molar-refractivity contribution is 5.88. The number of hydrogen-bond acceptors (Lipinski definition) is 7. The second-order valence-electron chi connectivity index (χ2n) is 8.17. The van der Waals surface area contributed by atoms with E-state index in [0.717, 1.165) is 0 Å². The molecule has 1 aromatic heterocycles. The molecule has 0 radical (unpaired) electrons. The molecule has 160 valence electrons. The fourth-order valence-electron chi connectivity index (χ4n) is 3.26. The standard InChI is InChI=1S/C23H26O7/c1-7-13(4)22(26)29-20-19(28-21(25)12(2)3)17-15(30-23(20,5)6)10-8-14-9-11-16(24)27-18(14)17/h7-12,19-20H,1-6H3/t19-,20-/m1/s1. The third kappa shape index (κ3) is 3.97. The fraction of sp³-hybridized carbons (Fsp3) is 0.435. The van der Waals surface area contributed by atoms with Crippen LogP contribution in [0.4, 0.5) is 0 Å². The zero-order valence-corrected chi connectivity index (χ0v) is 18.0. The molecular formula is C23H26O7. The molecule has 30 heavy (non-hydrogen) atoms. The first-order valence-corrected chi connectivity index (χ1v) is 9.85. The predicted molar refractivity (Wildman–Crippen MR) is 110 cm³/mol. The van der Waals surface area contributed by atoms with Gasteiger partial charge in [-0.3, -0.25) is 4.79 Å². The van der Waals surface area contributed by atoms with Crippen LogP contribution >= 0.6 is 0 Å². The van der Waals surface area contributed by atoms with Crippen molar-refractivity contribution in [2.24, 2.45) is 5.92 Å². The van der Waals surface area contributed by atoms with Crippen molar-refractivity contribution >= 4 is 22.9 Å². The molecule has 7 nitrogen and oxygen atoms in total. The van der Waals surface area contributed by atoms with Gasteiger partial charge in [0.15, 0.2) is 12.2 Å². The lowest BCUT2D eigenvalue weighted by Gasteiger charge is -2.43. The van der Waals surface area contributed by atoms with Crippen LogP contribution < -0.4 is 10.4 Å². The van der Waals surface area contributed by atoms with E-state index in [2.05, 4.69) is 0 Å². The van der Waals surface area contributed by atoms with Crippen LogP contribution in [0, 0.1) is 5.92 Å². The Morgan fingerprint density at radius 3 is 2.43 bits per heavy atom. The Morgan fingerprint density at radius 1 is 1.13 bits per heavy atom. The van der Waals surface area contributed by atoms with Gasteiger partial charge in [-0.2, -0.15) is 0 Å². The predicted octanol–water partition coefficient (Wildman–Crippen LogP) is 4.08. The first kappa shape index (κ1) is 21.6. The topological polar surface area (TPSA) is 92.0 Å². The van der Waals surface area contributed by atoms with Crippen molar-refractivity contribution < 1.29 is 28.2 Å². The highest BCUT2D eigenvalue weighted by atomic mass is 16.6. The molecule has 0 saturated heterocycles. The molecule has 2 heterocycles. The molecule has 0 amide bonds. The number of carbonyl (C=O) groups excluding carboxylic acids is 2. The van der Waals surface area contributed by atoms with Crippen molar-refractivity contribution in [3.8, 4) is 5.75 Å². The van der Waals surface area contributed by atoms with Crippen molar-refractivity contribution in [2.75, 3.05) is 0 Å². The Kier molecular flexibility index (Phi) is 5.74. The lowest BCUT2D eigenvalue weighted by molar-refractivity contribution is -0.189. The van der Waals surface area contributed by atoms with Crippen LogP contribution in [0.1, 0.15) is 53.2 Å². The number of ether oxygens (including phenoxy) is 3. The maximum absolute atomic E-state index is 12.6. The van der Waals surface area contributed by atoms with Crippen LogP contribution in [0.3, 0.4) is 0 Å². The largest absolute Gasteiger partial charge is 0.483 e. The third-order valence-electron chi connectivity index (χ3n) is 5.11. The maximum Gasteiger partial charge on any atom is 0.336 e. The number of rotatable bonds is 4. The third-order valence-corrected chi connectivity index (χ3v) is 5.11. The van der Waals surface area contributed by atoms with E-state index in [1.807, 2.05) is 0 Å². The van der Waals surface area contributed by atoms with Crippen molar-refractivity contribution in [3.63, 3.8) is 0 Å². The molecular weight excluding hydrogens is 388 g/mol. The Balaban J connectivity index is 2.22. The Morgan fingerprint density at radius 2 is 1.80 bits per heavy atom. The zero-order chi connectivity index (χ0) is 22.2. The molecule has 3 rings (SSSR count). The van der Waals surface area contributed by atoms with E-state index in [1.165, 1.54) is 6.07 Å². The second-order valence-corrected chi connectivity index (χ2v) is 8.17.